The Hall–Kier alpha value is -0.830. The average molecular weight is 250 g/mol. The summed E-state index contributed by atoms with van der Waals surface area (Å²) in [6, 6.07) is 0. The van der Waals surface area contributed by atoms with E-state index in [2.05, 4.69) is 31.1 Å². The first kappa shape index (κ1) is 13.6. The first-order valence-electron chi connectivity index (χ1n) is 7.10. The normalized spacial score (nSPS) is 25.3. The van der Waals surface area contributed by atoms with Crippen LogP contribution in [0.25, 0.3) is 0 Å². The SMILES string of the molecule is CNCc1ncc(C2CCC(C(C)(C)C)CC2)o1. The van der Waals surface area contributed by atoms with Crippen molar-refractivity contribution in [1.82, 2.24) is 10.3 Å². The highest BCUT2D eigenvalue weighted by molar-refractivity contribution is 5.04. The van der Waals surface area contributed by atoms with Crippen LogP contribution in [0.4, 0.5) is 0 Å². The average Bonchev–Trinajstić information content (AvgIpc) is 2.77. The fourth-order valence-electron chi connectivity index (χ4n) is 2.99. The molecule has 0 saturated heterocycles. The molecule has 0 unspecified atom stereocenters. The Labute approximate surface area is 110 Å². The van der Waals surface area contributed by atoms with E-state index in [1.54, 1.807) is 0 Å². The molecule has 1 N–H and O–H groups in total. The molecule has 1 heterocycles. The molecule has 0 spiro atoms. The Bertz CT molecular complexity index is 370. The number of hydrogen-bond donors (Lipinski definition) is 1. The van der Waals surface area contributed by atoms with Gasteiger partial charge in [0.15, 0.2) is 0 Å². The highest BCUT2D eigenvalue weighted by Gasteiger charge is 2.31. The largest absolute Gasteiger partial charge is 0.444 e. The number of nitrogens with zero attached hydrogens (tertiary/aromatic N) is 1. The summed E-state index contributed by atoms with van der Waals surface area (Å²) in [5.41, 5.74) is 0.448. The third-order valence-electron chi connectivity index (χ3n) is 4.25. The predicted molar refractivity (Wildman–Crippen MR) is 73.4 cm³/mol. The summed E-state index contributed by atoms with van der Waals surface area (Å²) >= 11 is 0. The third kappa shape index (κ3) is 3.14. The molecule has 1 aliphatic carbocycles. The second-order valence-electron chi connectivity index (χ2n) is 6.60. The van der Waals surface area contributed by atoms with Crippen LogP contribution in [0, 0.1) is 11.3 Å². The zero-order valence-electron chi connectivity index (χ0n) is 12.1. The number of hydrogen-bond acceptors (Lipinski definition) is 3. The van der Waals surface area contributed by atoms with Crippen LogP contribution >= 0.6 is 0 Å². The molecule has 0 bridgehead atoms. The Kier molecular flexibility index (Phi) is 4.10. The molecule has 1 aromatic rings. The van der Waals surface area contributed by atoms with E-state index in [9.17, 15) is 0 Å². The lowest BCUT2D eigenvalue weighted by molar-refractivity contribution is 0.162. The van der Waals surface area contributed by atoms with Crippen LogP contribution in [-0.2, 0) is 6.54 Å². The summed E-state index contributed by atoms with van der Waals surface area (Å²) in [7, 11) is 1.92. The lowest BCUT2D eigenvalue weighted by atomic mass is 9.69. The van der Waals surface area contributed by atoms with Crippen molar-refractivity contribution in [1.29, 1.82) is 0 Å². The summed E-state index contributed by atoms with van der Waals surface area (Å²) in [4.78, 5) is 4.32. The van der Waals surface area contributed by atoms with Crippen molar-refractivity contribution in [3.63, 3.8) is 0 Å². The number of aromatic nitrogens is 1. The molecule has 1 fully saturated rings. The monoisotopic (exact) mass is 250 g/mol. The van der Waals surface area contributed by atoms with Crippen LogP contribution in [0.2, 0.25) is 0 Å². The van der Waals surface area contributed by atoms with E-state index in [0.717, 1.165) is 24.1 Å². The molecular formula is C15H26N2O. The Morgan fingerprint density at radius 3 is 2.50 bits per heavy atom. The van der Waals surface area contributed by atoms with Gasteiger partial charge in [0, 0.05) is 5.92 Å². The molecule has 1 saturated carbocycles. The van der Waals surface area contributed by atoms with Crippen LogP contribution in [-0.4, -0.2) is 12.0 Å². The van der Waals surface area contributed by atoms with Crippen molar-refractivity contribution in [2.75, 3.05) is 7.05 Å². The molecule has 0 aromatic carbocycles. The fraction of sp³-hybridized carbons (Fsp3) is 0.800. The number of oxazole rings is 1. The van der Waals surface area contributed by atoms with Crippen LogP contribution in [0.1, 0.15) is 64.0 Å². The maximum atomic E-state index is 5.81. The van der Waals surface area contributed by atoms with E-state index in [0.29, 0.717) is 11.3 Å². The lowest BCUT2D eigenvalue weighted by Gasteiger charge is -2.36. The molecule has 0 amide bonds. The van der Waals surface area contributed by atoms with Crippen molar-refractivity contribution in [2.45, 2.75) is 58.9 Å². The van der Waals surface area contributed by atoms with Crippen molar-refractivity contribution in [3.8, 4) is 0 Å². The Morgan fingerprint density at radius 1 is 1.28 bits per heavy atom. The van der Waals surface area contributed by atoms with Crippen molar-refractivity contribution >= 4 is 0 Å². The smallest absolute Gasteiger partial charge is 0.208 e. The van der Waals surface area contributed by atoms with Gasteiger partial charge in [0.2, 0.25) is 5.89 Å². The van der Waals surface area contributed by atoms with Crippen LogP contribution in [0.15, 0.2) is 10.6 Å². The summed E-state index contributed by atoms with van der Waals surface area (Å²) in [6.07, 6.45) is 7.05. The van der Waals surface area contributed by atoms with Crippen LogP contribution in [0.3, 0.4) is 0 Å². The van der Waals surface area contributed by atoms with E-state index in [1.807, 2.05) is 13.2 Å². The van der Waals surface area contributed by atoms with Gasteiger partial charge >= 0.3 is 0 Å². The quantitative estimate of drug-likeness (QED) is 0.888. The summed E-state index contributed by atoms with van der Waals surface area (Å²) < 4.78 is 5.81. The van der Waals surface area contributed by atoms with Gasteiger partial charge in [-0.25, -0.2) is 4.98 Å². The van der Waals surface area contributed by atoms with Gasteiger partial charge in [-0.15, -0.1) is 0 Å². The van der Waals surface area contributed by atoms with E-state index >= 15 is 0 Å². The maximum Gasteiger partial charge on any atom is 0.208 e. The number of nitrogens with one attached hydrogen (secondary N) is 1. The van der Waals surface area contributed by atoms with E-state index in [-0.39, 0.29) is 0 Å². The third-order valence-corrected chi connectivity index (χ3v) is 4.25. The van der Waals surface area contributed by atoms with Crippen LogP contribution in [0.5, 0.6) is 0 Å². The minimum Gasteiger partial charge on any atom is -0.444 e. The molecule has 102 valence electrons. The molecule has 3 nitrogen and oxygen atoms in total. The molecule has 0 aliphatic heterocycles. The van der Waals surface area contributed by atoms with Gasteiger partial charge in [0.1, 0.15) is 5.76 Å². The molecular weight excluding hydrogens is 224 g/mol. The number of rotatable bonds is 3. The topological polar surface area (TPSA) is 38.1 Å². The van der Waals surface area contributed by atoms with Gasteiger partial charge in [-0.2, -0.15) is 0 Å². The van der Waals surface area contributed by atoms with E-state index < -0.39 is 0 Å². The summed E-state index contributed by atoms with van der Waals surface area (Å²) in [5.74, 6) is 3.34. The van der Waals surface area contributed by atoms with Gasteiger partial charge in [-0.05, 0) is 44.1 Å². The van der Waals surface area contributed by atoms with Gasteiger partial charge < -0.3 is 9.73 Å². The minimum absolute atomic E-state index is 0.448. The molecule has 3 heteroatoms. The van der Waals surface area contributed by atoms with Gasteiger partial charge in [-0.3, -0.25) is 0 Å². The summed E-state index contributed by atoms with van der Waals surface area (Å²) in [5, 5.41) is 3.07. The highest BCUT2D eigenvalue weighted by Crippen LogP contribution is 2.43. The van der Waals surface area contributed by atoms with E-state index in [1.165, 1.54) is 25.7 Å². The molecule has 1 aliphatic rings. The van der Waals surface area contributed by atoms with Gasteiger partial charge in [0.05, 0.1) is 12.7 Å². The second-order valence-corrected chi connectivity index (χ2v) is 6.60. The van der Waals surface area contributed by atoms with Gasteiger partial charge in [-0.1, -0.05) is 20.8 Å². The molecule has 0 atom stereocenters. The fourth-order valence-corrected chi connectivity index (χ4v) is 2.99. The van der Waals surface area contributed by atoms with Crippen LogP contribution < -0.4 is 5.32 Å². The minimum atomic E-state index is 0.448. The molecule has 1 aromatic heterocycles. The first-order valence-corrected chi connectivity index (χ1v) is 7.10. The highest BCUT2D eigenvalue weighted by atomic mass is 16.4. The summed E-state index contributed by atoms with van der Waals surface area (Å²) in [6.45, 7) is 7.80. The zero-order chi connectivity index (χ0) is 13.2. The van der Waals surface area contributed by atoms with E-state index in [4.69, 9.17) is 4.42 Å². The predicted octanol–water partition coefficient (Wildman–Crippen LogP) is 3.71. The van der Waals surface area contributed by atoms with Crippen molar-refractivity contribution in [2.24, 2.45) is 11.3 Å². The molecule has 2 rings (SSSR count). The van der Waals surface area contributed by atoms with Gasteiger partial charge in [0.25, 0.3) is 0 Å². The lowest BCUT2D eigenvalue weighted by Crippen LogP contribution is -2.25. The van der Waals surface area contributed by atoms with Crippen molar-refractivity contribution < 1.29 is 4.42 Å². The second kappa shape index (κ2) is 5.43. The zero-order valence-corrected chi connectivity index (χ0v) is 12.1. The standard InChI is InChI=1S/C15H26N2O/c1-15(2,3)12-7-5-11(6-8-12)13-9-17-14(18-13)10-16-4/h9,11-12,16H,5-8,10H2,1-4H3. The Morgan fingerprint density at radius 2 is 1.94 bits per heavy atom. The van der Waals surface area contributed by atoms with Crippen molar-refractivity contribution in [3.05, 3.63) is 17.8 Å². The molecule has 0 radical (unpaired) electrons. The maximum absolute atomic E-state index is 5.81. The Balaban J connectivity index is 1.92. The first-order chi connectivity index (χ1) is 8.50. The molecule has 18 heavy (non-hydrogen) atoms.